The summed E-state index contributed by atoms with van der Waals surface area (Å²) >= 11 is 0. The zero-order chi connectivity index (χ0) is 12.8. The summed E-state index contributed by atoms with van der Waals surface area (Å²) in [4.78, 5) is 4.15. The quantitative estimate of drug-likeness (QED) is 0.875. The first-order valence-corrected chi connectivity index (χ1v) is 6.03. The largest absolute Gasteiger partial charge is 0.497 e. The molecule has 1 atom stereocenters. The highest BCUT2D eigenvalue weighted by Gasteiger charge is 2.10. The van der Waals surface area contributed by atoms with Crippen molar-refractivity contribution >= 4 is 0 Å². The predicted octanol–water partition coefficient (Wildman–Crippen LogP) is 2.59. The first-order chi connectivity index (χ1) is 8.83. The number of rotatable bonds is 5. The normalized spacial score (nSPS) is 12.1. The molecule has 0 aliphatic carbocycles. The molecule has 1 N–H and O–H groups in total. The Hall–Kier alpha value is -1.87. The van der Waals surface area contributed by atoms with Gasteiger partial charge in [0.25, 0.3) is 0 Å². The Balaban J connectivity index is 2.17. The number of ether oxygens (including phenoxy) is 1. The highest BCUT2D eigenvalue weighted by Crippen LogP contribution is 2.21. The van der Waals surface area contributed by atoms with Gasteiger partial charge in [0.1, 0.15) is 5.75 Å². The molecule has 0 aliphatic rings. The third kappa shape index (κ3) is 3.08. The molecule has 1 aromatic carbocycles. The number of nitrogens with one attached hydrogen (secondary N) is 1. The van der Waals surface area contributed by atoms with Crippen molar-refractivity contribution in [3.05, 3.63) is 59.9 Å². The summed E-state index contributed by atoms with van der Waals surface area (Å²) in [5.41, 5.74) is 2.44. The maximum absolute atomic E-state index is 5.26. The molecule has 94 valence electrons. The van der Waals surface area contributed by atoms with Crippen LogP contribution in [0.2, 0.25) is 0 Å². The standard InChI is InChI=1S/C15H18N2O/c1-16-15(9-12-5-4-8-17-11-12)13-6-3-7-14(10-13)18-2/h3-8,10-11,15-16H,9H2,1-2H3. The second kappa shape index (κ2) is 6.17. The van der Waals surface area contributed by atoms with Crippen LogP contribution in [-0.2, 0) is 6.42 Å². The second-order valence-corrected chi connectivity index (χ2v) is 4.18. The number of likely N-dealkylation sites (N-methyl/N-ethyl adjacent to an activating group) is 1. The second-order valence-electron chi connectivity index (χ2n) is 4.18. The van der Waals surface area contributed by atoms with Crippen molar-refractivity contribution in [2.24, 2.45) is 0 Å². The van der Waals surface area contributed by atoms with Gasteiger partial charge in [0.15, 0.2) is 0 Å². The van der Waals surface area contributed by atoms with Crippen molar-refractivity contribution in [3.8, 4) is 5.75 Å². The summed E-state index contributed by atoms with van der Waals surface area (Å²) < 4.78 is 5.26. The summed E-state index contributed by atoms with van der Waals surface area (Å²) in [6.07, 6.45) is 4.62. The van der Waals surface area contributed by atoms with E-state index in [4.69, 9.17) is 4.74 Å². The van der Waals surface area contributed by atoms with E-state index in [-0.39, 0.29) is 6.04 Å². The van der Waals surface area contributed by atoms with E-state index < -0.39 is 0 Å². The zero-order valence-corrected chi connectivity index (χ0v) is 10.8. The van der Waals surface area contributed by atoms with Crippen LogP contribution in [0.5, 0.6) is 5.75 Å². The Labute approximate surface area is 108 Å². The Bertz CT molecular complexity index is 485. The van der Waals surface area contributed by atoms with Gasteiger partial charge in [-0.05, 0) is 42.8 Å². The molecule has 0 radical (unpaired) electrons. The Morgan fingerprint density at radius 1 is 1.28 bits per heavy atom. The van der Waals surface area contributed by atoms with Crippen molar-refractivity contribution in [1.82, 2.24) is 10.3 Å². The smallest absolute Gasteiger partial charge is 0.119 e. The molecule has 3 heteroatoms. The molecular formula is C15H18N2O. The number of benzene rings is 1. The lowest BCUT2D eigenvalue weighted by atomic mass is 10.00. The van der Waals surface area contributed by atoms with Crippen LogP contribution in [0.3, 0.4) is 0 Å². The molecule has 2 rings (SSSR count). The van der Waals surface area contributed by atoms with Crippen LogP contribution in [0.15, 0.2) is 48.8 Å². The van der Waals surface area contributed by atoms with Crippen LogP contribution in [0.1, 0.15) is 17.2 Å². The van der Waals surface area contributed by atoms with Crippen molar-refractivity contribution < 1.29 is 4.74 Å². The molecule has 3 nitrogen and oxygen atoms in total. The van der Waals surface area contributed by atoms with Crippen LogP contribution in [0.25, 0.3) is 0 Å². The number of nitrogens with zero attached hydrogens (tertiary/aromatic N) is 1. The minimum Gasteiger partial charge on any atom is -0.497 e. The van der Waals surface area contributed by atoms with E-state index >= 15 is 0 Å². The fraction of sp³-hybridized carbons (Fsp3) is 0.267. The molecule has 18 heavy (non-hydrogen) atoms. The summed E-state index contributed by atoms with van der Waals surface area (Å²) in [6, 6.07) is 12.5. The molecule has 0 amide bonds. The molecule has 2 aromatic rings. The van der Waals surface area contributed by atoms with Crippen LogP contribution in [0.4, 0.5) is 0 Å². The van der Waals surface area contributed by atoms with E-state index in [1.165, 1.54) is 11.1 Å². The first-order valence-electron chi connectivity index (χ1n) is 6.03. The lowest BCUT2D eigenvalue weighted by Gasteiger charge is -2.17. The van der Waals surface area contributed by atoms with Gasteiger partial charge in [0.05, 0.1) is 7.11 Å². The van der Waals surface area contributed by atoms with Crippen LogP contribution >= 0.6 is 0 Å². The summed E-state index contributed by atoms with van der Waals surface area (Å²) in [5.74, 6) is 0.888. The molecule has 0 saturated carbocycles. The average molecular weight is 242 g/mol. The Morgan fingerprint density at radius 3 is 2.83 bits per heavy atom. The maximum atomic E-state index is 5.26. The van der Waals surface area contributed by atoms with Gasteiger partial charge in [-0.3, -0.25) is 4.98 Å². The molecule has 0 aliphatic heterocycles. The monoisotopic (exact) mass is 242 g/mol. The molecule has 0 bridgehead atoms. The van der Waals surface area contributed by atoms with Gasteiger partial charge >= 0.3 is 0 Å². The lowest BCUT2D eigenvalue weighted by molar-refractivity contribution is 0.413. The minimum atomic E-state index is 0.268. The summed E-state index contributed by atoms with van der Waals surface area (Å²) in [7, 11) is 3.66. The fourth-order valence-electron chi connectivity index (χ4n) is 2.00. The third-order valence-electron chi connectivity index (χ3n) is 3.01. The van der Waals surface area contributed by atoms with E-state index in [0.29, 0.717) is 0 Å². The van der Waals surface area contributed by atoms with Gasteiger partial charge in [0.2, 0.25) is 0 Å². The molecule has 1 unspecified atom stereocenters. The predicted molar refractivity (Wildman–Crippen MR) is 72.7 cm³/mol. The zero-order valence-electron chi connectivity index (χ0n) is 10.8. The van der Waals surface area contributed by atoms with E-state index in [1.807, 2.05) is 31.4 Å². The van der Waals surface area contributed by atoms with Crippen molar-refractivity contribution in [2.75, 3.05) is 14.2 Å². The summed E-state index contributed by atoms with van der Waals surface area (Å²) in [6.45, 7) is 0. The topological polar surface area (TPSA) is 34.2 Å². The Morgan fingerprint density at radius 2 is 2.17 bits per heavy atom. The van der Waals surface area contributed by atoms with Crippen LogP contribution in [0, 0.1) is 0 Å². The highest BCUT2D eigenvalue weighted by molar-refractivity contribution is 5.31. The van der Waals surface area contributed by atoms with Gasteiger partial charge < -0.3 is 10.1 Å². The van der Waals surface area contributed by atoms with Gasteiger partial charge in [-0.15, -0.1) is 0 Å². The van der Waals surface area contributed by atoms with Crippen molar-refractivity contribution in [2.45, 2.75) is 12.5 Å². The molecule has 0 spiro atoms. The van der Waals surface area contributed by atoms with Gasteiger partial charge in [-0.25, -0.2) is 0 Å². The van der Waals surface area contributed by atoms with Gasteiger partial charge in [-0.1, -0.05) is 18.2 Å². The Kier molecular flexibility index (Phi) is 4.31. The maximum Gasteiger partial charge on any atom is 0.119 e. The number of methoxy groups -OCH3 is 1. The molecule has 1 heterocycles. The SMILES string of the molecule is CNC(Cc1cccnc1)c1cccc(OC)c1. The van der Waals surface area contributed by atoms with E-state index in [0.717, 1.165) is 12.2 Å². The molecule has 1 aromatic heterocycles. The summed E-state index contributed by atoms with van der Waals surface area (Å²) in [5, 5.41) is 3.33. The first kappa shape index (κ1) is 12.6. The number of pyridine rings is 1. The number of hydrogen-bond donors (Lipinski definition) is 1. The van der Waals surface area contributed by atoms with Crippen LogP contribution < -0.4 is 10.1 Å². The number of aromatic nitrogens is 1. The fourth-order valence-corrected chi connectivity index (χ4v) is 2.00. The van der Waals surface area contributed by atoms with E-state index in [2.05, 4.69) is 28.5 Å². The third-order valence-corrected chi connectivity index (χ3v) is 3.01. The van der Waals surface area contributed by atoms with Gasteiger partial charge in [0, 0.05) is 18.4 Å². The van der Waals surface area contributed by atoms with Crippen LogP contribution in [-0.4, -0.2) is 19.1 Å². The van der Waals surface area contributed by atoms with Crippen molar-refractivity contribution in [1.29, 1.82) is 0 Å². The molecular weight excluding hydrogens is 224 g/mol. The average Bonchev–Trinajstić information content (AvgIpc) is 2.46. The van der Waals surface area contributed by atoms with Crippen molar-refractivity contribution in [3.63, 3.8) is 0 Å². The van der Waals surface area contributed by atoms with E-state index in [1.54, 1.807) is 13.3 Å². The minimum absolute atomic E-state index is 0.268. The highest BCUT2D eigenvalue weighted by atomic mass is 16.5. The molecule has 0 saturated heterocycles. The number of hydrogen-bond acceptors (Lipinski definition) is 3. The molecule has 0 fully saturated rings. The lowest BCUT2D eigenvalue weighted by Crippen LogP contribution is -2.18. The van der Waals surface area contributed by atoms with Gasteiger partial charge in [-0.2, -0.15) is 0 Å². The van der Waals surface area contributed by atoms with E-state index in [9.17, 15) is 0 Å².